The van der Waals surface area contributed by atoms with Crippen molar-refractivity contribution in [3.05, 3.63) is 34.3 Å². The molecule has 0 radical (unpaired) electrons. The van der Waals surface area contributed by atoms with E-state index in [0.717, 1.165) is 4.47 Å². The van der Waals surface area contributed by atoms with Crippen molar-refractivity contribution >= 4 is 21.7 Å². The fraction of sp³-hybridized carbons (Fsp3) is 0.300. The average molecular weight is 242 g/mol. The lowest BCUT2D eigenvalue weighted by atomic mass is 10.0. The summed E-state index contributed by atoms with van der Waals surface area (Å²) in [6, 6.07) is 6.87. The molecule has 0 aliphatic heterocycles. The van der Waals surface area contributed by atoms with Gasteiger partial charge in [-0.2, -0.15) is 0 Å². The normalized spacial score (nSPS) is 12.5. The molecule has 3 heteroatoms. The van der Waals surface area contributed by atoms with Gasteiger partial charge in [0.05, 0.1) is 6.04 Å². The summed E-state index contributed by atoms with van der Waals surface area (Å²) in [5, 5.41) is 0. The third kappa shape index (κ3) is 2.64. The lowest BCUT2D eigenvalue weighted by molar-refractivity contribution is 0.0959. The van der Waals surface area contributed by atoms with Crippen molar-refractivity contribution in [2.24, 2.45) is 5.73 Å². The zero-order chi connectivity index (χ0) is 9.84. The zero-order valence-electron chi connectivity index (χ0n) is 7.46. The molecule has 0 spiro atoms. The minimum Gasteiger partial charge on any atom is -0.321 e. The van der Waals surface area contributed by atoms with Crippen LogP contribution in [0.3, 0.4) is 0 Å². The molecular weight excluding hydrogens is 230 g/mol. The van der Waals surface area contributed by atoms with Gasteiger partial charge in [0.15, 0.2) is 5.78 Å². The molecule has 1 rings (SSSR count). The molecule has 70 valence electrons. The molecule has 0 saturated carbocycles. The molecule has 0 aliphatic carbocycles. The van der Waals surface area contributed by atoms with Crippen LogP contribution in [0.5, 0.6) is 0 Å². The van der Waals surface area contributed by atoms with Crippen molar-refractivity contribution in [1.82, 2.24) is 0 Å². The van der Waals surface area contributed by atoms with Crippen molar-refractivity contribution in [3.63, 3.8) is 0 Å². The lowest BCUT2D eigenvalue weighted by Gasteiger charge is -2.06. The first-order valence-electron chi connectivity index (χ1n) is 4.20. The molecule has 1 atom stereocenters. The smallest absolute Gasteiger partial charge is 0.179 e. The van der Waals surface area contributed by atoms with Gasteiger partial charge < -0.3 is 5.73 Å². The third-order valence-electron chi connectivity index (χ3n) is 1.91. The first-order valence-corrected chi connectivity index (χ1v) is 4.99. The monoisotopic (exact) mass is 241 g/mol. The Morgan fingerprint density at radius 2 is 2.00 bits per heavy atom. The number of halogens is 1. The van der Waals surface area contributed by atoms with E-state index >= 15 is 0 Å². The van der Waals surface area contributed by atoms with Crippen LogP contribution in [-0.2, 0) is 0 Å². The molecule has 0 aliphatic rings. The number of ketones is 1. The Hall–Kier alpha value is -0.670. The van der Waals surface area contributed by atoms with Crippen molar-refractivity contribution < 1.29 is 4.79 Å². The van der Waals surface area contributed by atoms with Crippen LogP contribution in [0.15, 0.2) is 28.7 Å². The number of hydrogen-bond donors (Lipinski definition) is 1. The number of nitrogens with two attached hydrogens (primary N) is 1. The van der Waals surface area contributed by atoms with Gasteiger partial charge >= 0.3 is 0 Å². The van der Waals surface area contributed by atoms with Crippen LogP contribution in [0.2, 0.25) is 0 Å². The molecule has 13 heavy (non-hydrogen) atoms. The van der Waals surface area contributed by atoms with Gasteiger partial charge in [-0.15, -0.1) is 0 Å². The number of hydrogen-bond acceptors (Lipinski definition) is 2. The van der Waals surface area contributed by atoms with Crippen molar-refractivity contribution in [3.8, 4) is 0 Å². The highest BCUT2D eigenvalue weighted by molar-refractivity contribution is 9.10. The fourth-order valence-electron chi connectivity index (χ4n) is 1.01. The largest absolute Gasteiger partial charge is 0.321 e. The SMILES string of the molecule is CC[C@@H](N)C(=O)c1ccc(Br)cc1. The zero-order valence-corrected chi connectivity index (χ0v) is 9.04. The maximum absolute atomic E-state index is 11.5. The van der Waals surface area contributed by atoms with Crippen LogP contribution in [0.25, 0.3) is 0 Å². The van der Waals surface area contributed by atoms with Crippen molar-refractivity contribution in [1.29, 1.82) is 0 Å². The number of carbonyl (C=O) groups is 1. The van der Waals surface area contributed by atoms with Crippen LogP contribution in [0, 0.1) is 0 Å². The second-order valence-electron chi connectivity index (χ2n) is 2.89. The predicted molar refractivity (Wildman–Crippen MR) is 56.7 cm³/mol. The molecule has 2 N–H and O–H groups in total. The molecule has 2 nitrogen and oxygen atoms in total. The van der Waals surface area contributed by atoms with E-state index in [9.17, 15) is 4.79 Å². The summed E-state index contributed by atoms with van der Waals surface area (Å²) >= 11 is 3.31. The molecular formula is C10H12BrNO. The Labute approximate surface area is 86.3 Å². The van der Waals surface area contributed by atoms with E-state index in [1.807, 2.05) is 19.1 Å². The average Bonchev–Trinajstić information content (AvgIpc) is 2.17. The summed E-state index contributed by atoms with van der Waals surface area (Å²) in [5.74, 6) is 0.00926. The standard InChI is InChI=1S/C10H12BrNO/c1-2-9(12)10(13)7-3-5-8(11)6-4-7/h3-6,9H,2,12H2,1H3/t9-/m1/s1. The van der Waals surface area contributed by atoms with Gasteiger partial charge in [0.1, 0.15) is 0 Å². The predicted octanol–water partition coefficient (Wildman–Crippen LogP) is 2.37. The highest BCUT2D eigenvalue weighted by Crippen LogP contribution is 2.12. The molecule has 0 heterocycles. The molecule has 0 saturated heterocycles. The summed E-state index contributed by atoms with van der Waals surface area (Å²) in [4.78, 5) is 11.5. The quantitative estimate of drug-likeness (QED) is 0.827. The Kier molecular flexibility index (Phi) is 3.63. The number of rotatable bonds is 3. The maximum Gasteiger partial charge on any atom is 0.179 e. The van der Waals surface area contributed by atoms with E-state index in [0.29, 0.717) is 12.0 Å². The van der Waals surface area contributed by atoms with E-state index < -0.39 is 0 Å². The van der Waals surface area contributed by atoms with E-state index in [4.69, 9.17) is 5.73 Å². The lowest BCUT2D eigenvalue weighted by Crippen LogP contribution is -2.29. The number of Topliss-reactive ketones (excluding diaryl/α,β-unsaturated/α-hetero) is 1. The third-order valence-corrected chi connectivity index (χ3v) is 2.43. The van der Waals surface area contributed by atoms with Crippen LogP contribution in [0.4, 0.5) is 0 Å². The van der Waals surface area contributed by atoms with Crippen molar-refractivity contribution in [2.45, 2.75) is 19.4 Å². The molecule has 0 aromatic heterocycles. The van der Waals surface area contributed by atoms with Crippen LogP contribution >= 0.6 is 15.9 Å². The Bertz CT molecular complexity index is 294. The number of carbonyl (C=O) groups excluding carboxylic acids is 1. The summed E-state index contributed by atoms with van der Waals surface area (Å²) < 4.78 is 0.967. The Balaban J connectivity index is 2.83. The second kappa shape index (κ2) is 4.53. The summed E-state index contributed by atoms with van der Waals surface area (Å²) in [6.07, 6.45) is 0.675. The van der Waals surface area contributed by atoms with Gasteiger partial charge in [0.25, 0.3) is 0 Å². The van der Waals surface area contributed by atoms with Crippen molar-refractivity contribution in [2.75, 3.05) is 0 Å². The molecule has 0 unspecified atom stereocenters. The van der Waals surface area contributed by atoms with Gasteiger partial charge in [-0.3, -0.25) is 4.79 Å². The van der Waals surface area contributed by atoms with Gasteiger partial charge in [-0.25, -0.2) is 0 Å². The number of benzene rings is 1. The summed E-state index contributed by atoms with van der Waals surface area (Å²) in [7, 11) is 0. The Morgan fingerprint density at radius 3 is 2.46 bits per heavy atom. The molecule has 0 amide bonds. The van der Waals surface area contributed by atoms with Crippen LogP contribution in [-0.4, -0.2) is 11.8 Å². The second-order valence-corrected chi connectivity index (χ2v) is 3.80. The fourth-order valence-corrected chi connectivity index (χ4v) is 1.28. The highest BCUT2D eigenvalue weighted by atomic mass is 79.9. The minimum atomic E-state index is -0.374. The maximum atomic E-state index is 11.5. The molecule has 1 aromatic rings. The van der Waals surface area contributed by atoms with E-state index in [1.165, 1.54) is 0 Å². The molecule has 1 aromatic carbocycles. The van der Waals surface area contributed by atoms with Gasteiger partial charge in [-0.05, 0) is 18.6 Å². The van der Waals surface area contributed by atoms with Crippen LogP contribution in [0.1, 0.15) is 23.7 Å². The van der Waals surface area contributed by atoms with Gasteiger partial charge in [0, 0.05) is 10.0 Å². The van der Waals surface area contributed by atoms with Gasteiger partial charge in [-0.1, -0.05) is 35.0 Å². The first kappa shape index (κ1) is 10.4. The molecule has 0 fully saturated rings. The van der Waals surface area contributed by atoms with E-state index in [2.05, 4.69) is 15.9 Å². The van der Waals surface area contributed by atoms with E-state index in [1.54, 1.807) is 12.1 Å². The molecule has 0 bridgehead atoms. The topological polar surface area (TPSA) is 43.1 Å². The van der Waals surface area contributed by atoms with E-state index in [-0.39, 0.29) is 11.8 Å². The first-order chi connectivity index (χ1) is 6.15. The van der Waals surface area contributed by atoms with Crippen LogP contribution < -0.4 is 5.73 Å². The Morgan fingerprint density at radius 1 is 1.46 bits per heavy atom. The summed E-state index contributed by atoms with van der Waals surface area (Å²) in [5.41, 5.74) is 6.30. The minimum absolute atomic E-state index is 0.00926. The van der Waals surface area contributed by atoms with Gasteiger partial charge in [0.2, 0.25) is 0 Å². The highest BCUT2D eigenvalue weighted by Gasteiger charge is 2.12. The summed E-state index contributed by atoms with van der Waals surface area (Å²) in [6.45, 7) is 1.90.